The van der Waals surface area contributed by atoms with Crippen LogP contribution in [-0.4, -0.2) is 40.0 Å². The number of rotatable bonds is 2. The number of amides is 3. The summed E-state index contributed by atoms with van der Waals surface area (Å²) in [5.41, 5.74) is -0.456. The Morgan fingerprint density at radius 3 is 2.33 bits per heavy atom. The highest BCUT2D eigenvalue weighted by Crippen LogP contribution is 2.20. The van der Waals surface area contributed by atoms with Crippen molar-refractivity contribution in [1.29, 1.82) is 0 Å². The van der Waals surface area contributed by atoms with Crippen LogP contribution >= 0.6 is 15.9 Å². The number of hydrogen-bond donors (Lipinski definition) is 0. The summed E-state index contributed by atoms with van der Waals surface area (Å²) in [7, 11) is 0. The van der Waals surface area contributed by atoms with Gasteiger partial charge in [0.2, 0.25) is 0 Å². The van der Waals surface area contributed by atoms with Gasteiger partial charge >= 0.3 is 12.0 Å². The van der Waals surface area contributed by atoms with E-state index in [4.69, 9.17) is 4.84 Å². The summed E-state index contributed by atoms with van der Waals surface area (Å²) in [5.74, 6) is -1.36. The van der Waals surface area contributed by atoms with Crippen LogP contribution in [0.1, 0.15) is 27.7 Å². The zero-order valence-corrected chi connectivity index (χ0v) is 12.3. The molecule has 0 N–H and O–H groups in total. The van der Waals surface area contributed by atoms with Crippen LogP contribution in [0.4, 0.5) is 4.79 Å². The normalized spacial score (nSPS) is 15.8. The molecule has 0 atom stereocenters. The summed E-state index contributed by atoms with van der Waals surface area (Å²) in [5, 5.41) is 0.445. The molecule has 3 amide bonds. The van der Waals surface area contributed by atoms with Crippen molar-refractivity contribution in [3.05, 3.63) is 10.6 Å². The van der Waals surface area contributed by atoms with Crippen LogP contribution in [0.3, 0.4) is 0 Å². The van der Waals surface area contributed by atoms with E-state index in [0.29, 0.717) is 11.6 Å². The molecule has 1 rings (SSSR count). The average molecular weight is 319 g/mol. The predicted molar refractivity (Wildman–Crippen MR) is 67.5 cm³/mol. The smallest absolute Gasteiger partial charge is 0.310 e. The van der Waals surface area contributed by atoms with Gasteiger partial charge in [-0.25, -0.2) is 4.79 Å². The van der Waals surface area contributed by atoms with E-state index in [0.717, 1.165) is 6.08 Å². The van der Waals surface area contributed by atoms with Gasteiger partial charge in [0.15, 0.2) is 0 Å². The molecule has 0 unspecified atom stereocenters. The van der Waals surface area contributed by atoms with Crippen LogP contribution in [0.5, 0.6) is 0 Å². The highest BCUT2D eigenvalue weighted by molar-refractivity contribution is 9.12. The summed E-state index contributed by atoms with van der Waals surface area (Å²) in [6.07, 6.45) is 0.325. The van der Waals surface area contributed by atoms with Gasteiger partial charge in [-0.15, -0.1) is 0 Å². The van der Waals surface area contributed by atoms with Gasteiger partial charge in [0.25, 0.3) is 5.91 Å². The van der Waals surface area contributed by atoms with Gasteiger partial charge in [0.1, 0.15) is 0 Å². The Morgan fingerprint density at radius 1 is 1.44 bits per heavy atom. The van der Waals surface area contributed by atoms with Gasteiger partial charge in [0, 0.05) is 18.2 Å². The maximum atomic E-state index is 11.9. The predicted octanol–water partition coefficient (Wildman–Crippen LogP) is 1.81. The van der Waals surface area contributed by atoms with Gasteiger partial charge in [0.05, 0.1) is 4.48 Å². The second-order valence-corrected chi connectivity index (χ2v) is 5.56. The molecule has 0 saturated carbocycles. The van der Waals surface area contributed by atoms with E-state index in [1.165, 1.54) is 4.90 Å². The number of hydrogen-bond acceptors (Lipinski definition) is 4. The molecule has 1 aliphatic rings. The Balaban J connectivity index is 2.78. The van der Waals surface area contributed by atoms with E-state index in [2.05, 4.69) is 15.9 Å². The first-order chi connectivity index (χ1) is 8.18. The first-order valence-corrected chi connectivity index (χ1v) is 6.23. The van der Waals surface area contributed by atoms with Crippen LogP contribution in [-0.2, 0) is 14.4 Å². The van der Waals surface area contributed by atoms with Crippen molar-refractivity contribution in [1.82, 2.24) is 9.96 Å². The molecule has 7 heteroatoms. The van der Waals surface area contributed by atoms with Gasteiger partial charge in [-0.2, -0.15) is 0 Å². The molecule has 6 nitrogen and oxygen atoms in total. The third-order valence-electron chi connectivity index (χ3n) is 2.35. The molecule has 0 aromatic heterocycles. The quantitative estimate of drug-likeness (QED) is 0.728. The standard InChI is InChI=1S/C11H15BrN2O4/c1-5-13(11(2,3)4)10(17)18-14-8(15)6-7(12)9(14)16/h6H,5H2,1-4H3. The zero-order chi connectivity index (χ0) is 14.1. The highest BCUT2D eigenvalue weighted by Gasteiger charge is 2.36. The molecule has 0 spiro atoms. The molecule has 100 valence electrons. The molecule has 0 bridgehead atoms. The van der Waals surface area contributed by atoms with Crippen LogP contribution in [0, 0.1) is 0 Å². The van der Waals surface area contributed by atoms with E-state index in [-0.39, 0.29) is 4.48 Å². The monoisotopic (exact) mass is 318 g/mol. The topological polar surface area (TPSA) is 66.9 Å². The summed E-state index contributed by atoms with van der Waals surface area (Å²) < 4.78 is 0.0686. The Bertz CT molecular complexity index is 425. The molecule has 0 saturated heterocycles. The maximum Gasteiger partial charge on any atom is 0.435 e. The first kappa shape index (κ1) is 14.7. The van der Waals surface area contributed by atoms with Crippen molar-refractivity contribution in [2.45, 2.75) is 33.2 Å². The van der Waals surface area contributed by atoms with E-state index in [9.17, 15) is 14.4 Å². The average Bonchev–Trinajstić information content (AvgIpc) is 2.44. The molecule has 18 heavy (non-hydrogen) atoms. The third-order valence-corrected chi connectivity index (χ3v) is 2.92. The van der Waals surface area contributed by atoms with Crippen LogP contribution in [0.15, 0.2) is 10.6 Å². The van der Waals surface area contributed by atoms with E-state index in [1.54, 1.807) is 6.92 Å². The lowest BCUT2D eigenvalue weighted by Crippen LogP contribution is -2.48. The molecule has 1 heterocycles. The molecule has 0 aliphatic carbocycles. The second-order valence-electron chi connectivity index (χ2n) is 4.70. The Kier molecular flexibility index (Phi) is 4.16. The maximum absolute atomic E-state index is 11.9. The van der Waals surface area contributed by atoms with E-state index >= 15 is 0 Å². The number of imide groups is 1. The summed E-state index contributed by atoms with van der Waals surface area (Å²) in [4.78, 5) is 41.0. The molecular formula is C11H15BrN2O4. The minimum absolute atomic E-state index is 0.0686. The van der Waals surface area contributed by atoms with E-state index < -0.39 is 23.4 Å². The number of carbonyl (C=O) groups is 3. The third kappa shape index (κ3) is 2.90. The molecule has 0 fully saturated rings. The largest absolute Gasteiger partial charge is 0.435 e. The summed E-state index contributed by atoms with van der Waals surface area (Å²) >= 11 is 2.91. The number of nitrogens with zero attached hydrogens (tertiary/aromatic N) is 2. The van der Waals surface area contributed by atoms with Crippen LogP contribution in [0.2, 0.25) is 0 Å². The fourth-order valence-electron chi connectivity index (χ4n) is 1.52. The fraction of sp³-hybridized carbons (Fsp3) is 0.545. The summed E-state index contributed by atoms with van der Waals surface area (Å²) in [6, 6.07) is 0. The lowest BCUT2D eigenvalue weighted by molar-refractivity contribution is -0.173. The van der Waals surface area contributed by atoms with Crippen LogP contribution < -0.4 is 0 Å². The Labute approximate surface area is 114 Å². The Hall–Kier alpha value is -1.37. The van der Waals surface area contributed by atoms with Gasteiger partial charge < -0.3 is 9.74 Å². The minimum atomic E-state index is -0.734. The van der Waals surface area contributed by atoms with Crippen molar-refractivity contribution in [3.63, 3.8) is 0 Å². The summed E-state index contributed by atoms with van der Waals surface area (Å²) in [6.45, 7) is 7.69. The highest BCUT2D eigenvalue weighted by atomic mass is 79.9. The molecular weight excluding hydrogens is 304 g/mol. The molecule has 0 radical (unpaired) electrons. The second kappa shape index (κ2) is 5.09. The molecule has 1 aliphatic heterocycles. The number of hydroxylamine groups is 2. The minimum Gasteiger partial charge on any atom is -0.310 e. The SMILES string of the molecule is CCN(C(=O)ON1C(=O)C=C(Br)C1=O)C(C)(C)C. The lowest BCUT2D eigenvalue weighted by atomic mass is 10.1. The number of halogens is 1. The van der Waals surface area contributed by atoms with E-state index in [1.807, 2.05) is 20.8 Å². The van der Waals surface area contributed by atoms with Gasteiger partial charge in [-0.1, -0.05) is 5.06 Å². The van der Waals surface area contributed by atoms with Crippen molar-refractivity contribution in [2.75, 3.05) is 6.54 Å². The van der Waals surface area contributed by atoms with Crippen molar-refractivity contribution in [3.8, 4) is 0 Å². The lowest BCUT2D eigenvalue weighted by Gasteiger charge is -2.34. The van der Waals surface area contributed by atoms with Crippen molar-refractivity contribution >= 4 is 33.8 Å². The first-order valence-electron chi connectivity index (χ1n) is 5.43. The molecule has 0 aromatic rings. The van der Waals surface area contributed by atoms with Gasteiger partial charge in [-0.05, 0) is 43.6 Å². The van der Waals surface area contributed by atoms with Crippen molar-refractivity contribution in [2.24, 2.45) is 0 Å². The molecule has 0 aromatic carbocycles. The van der Waals surface area contributed by atoms with Gasteiger partial charge in [-0.3, -0.25) is 9.59 Å². The fourth-order valence-corrected chi connectivity index (χ4v) is 1.87. The number of carbonyl (C=O) groups excluding carboxylic acids is 3. The zero-order valence-electron chi connectivity index (χ0n) is 10.7. The Morgan fingerprint density at radius 2 is 2.00 bits per heavy atom. The van der Waals surface area contributed by atoms with Crippen LogP contribution in [0.25, 0.3) is 0 Å². The van der Waals surface area contributed by atoms with Crippen molar-refractivity contribution < 1.29 is 19.2 Å².